The first-order chi connectivity index (χ1) is 9.62. The molecule has 1 aromatic carbocycles. The molecular weight excluding hydrogens is 374 g/mol. The van der Waals surface area contributed by atoms with Crippen LogP contribution in [0.25, 0.3) is 0 Å². The van der Waals surface area contributed by atoms with Crippen molar-refractivity contribution in [3.8, 4) is 0 Å². The molecule has 0 aromatic heterocycles. The Morgan fingerprint density at radius 3 is 2.62 bits per heavy atom. The zero-order chi connectivity index (χ0) is 15.8. The van der Waals surface area contributed by atoms with Gasteiger partial charge in [-0.3, -0.25) is 0 Å². The zero-order valence-electron chi connectivity index (χ0n) is 12.3. The molecule has 3 unspecified atom stereocenters. The van der Waals surface area contributed by atoms with E-state index in [2.05, 4.69) is 15.9 Å². The third-order valence-corrected chi connectivity index (χ3v) is 7.04. The van der Waals surface area contributed by atoms with Crippen LogP contribution in [-0.2, 0) is 15.4 Å². The first-order valence-corrected chi connectivity index (χ1v) is 10.2. The first-order valence-electron chi connectivity index (χ1n) is 7.05. The number of nitrogens with two attached hydrogens (primary N) is 1. The largest absolute Gasteiger partial charge is 0.321 e. The lowest BCUT2D eigenvalue weighted by Gasteiger charge is -2.40. The Kier molecular flexibility index (Phi) is 5.08. The van der Waals surface area contributed by atoms with Crippen LogP contribution in [0.1, 0.15) is 38.2 Å². The van der Waals surface area contributed by atoms with Crippen LogP contribution in [0.5, 0.6) is 0 Å². The molecule has 1 fully saturated rings. The van der Waals surface area contributed by atoms with E-state index in [9.17, 15) is 8.42 Å². The second-order valence-corrected chi connectivity index (χ2v) is 9.87. The summed E-state index contributed by atoms with van der Waals surface area (Å²) in [7, 11) is -3.01. The SMILES string of the molecule is CC(N)(c1ccc(Br)cc1Cl)C1CCCC(S(C)(=O)=O)C1. The fourth-order valence-corrected chi connectivity index (χ4v) is 5.28. The van der Waals surface area contributed by atoms with E-state index in [0.717, 1.165) is 29.3 Å². The minimum absolute atomic E-state index is 0.115. The van der Waals surface area contributed by atoms with Gasteiger partial charge in [0.05, 0.1) is 5.25 Å². The van der Waals surface area contributed by atoms with Crippen molar-refractivity contribution in [2.24, 2.45) is 11.7 Å². The zero-order valence-corrected chi connectivity index (χ0v) is 15.4. The first kappa shape index (κ1) is 17.3. The summed E-state index contributed by atoms with van der Waals surface area (Å²) in [6.45, 7) is 1.96. The molecule has 118 valence electrons. The molecule has 0 aliphatic heterocycles. The molecule has 1 aromatic rings. The highest BCUT2D eigenvalue weighted by Gasteiger charge is 2.39. The molecule has 6 heteroatoms. The molecule has 0 spiro atoms. The van der Waals surface area contributed by atoms with Gasteiger partial charge in [-0.1, -0.05) is 40.0 Å². The molecule has 0 saturated heterocycles. The Labute approximate surface area is 140 Å². The maximum absolute atomic E-state index is 11.8. The number of halogens is 2. The second kappa shape index (κ2) is 6.19. The lowest BCUT2D eigenvalue weighted by Crippen LogP contribution is -2.45. The summed E-state index contributed by atoms with van der Waals surface area (Å²) in [5, 5.41) is 0.337. The molecule has 1 aliphatic carbocycles. The Bertz CT molecular complexity index is 631. The normalized spacial score (nSPS) is 26.3. The highest BCUT2D eigenvalue weighted by atomic mass is 79.9. The van der Waals surface area contributed by atoms with Crippen molar-refractivity contribution in [3.05, 3.63) is 33.3 Å². The molecule has 2 N–H and O–H groups in total. The summed E-state index contributed by atoms with van der Waals surface area (Å²) < 4.78 is 24.6. The molecule has 0 radical (unpaired) electrons. The van der Waals surface area contributed by atoms with Gasteiger partial charge in [-0.05, 0) is 49.8 Å². The van der Waals surface area contributed by atoms with Gasteiger partial charge in [0.15, 0.2) is 0 Å². The van der Waals surface area contributed by atoms with Crippen molar-refractivity contribution in [3.63, 3.8) is 0 Å². The van der Waals surface area contributed by atoms with Crippen LogP contribution in [0.3, 0.4) is 0 Å². The average molecular weight is 395 g/mol. The Morgan fingerprint density at radius 2 is 2.05 bits per heavy atom. The van der Waals surface area contributed by atoms with E-state index >= 15 is 0 Å². The molecular formula is C15H21BrClNO2S. The van der Waals surface area contributed by atoms with Gasteiger partial charge in [-0.2, -0.15) is 0 Å². The predicted octanol–water partition coefficient (Wildman–Crippen LogP) is 3.88. The minimum atomic E-state index is -3.01. The number of rotatable bonds is 3. The van der Waals surface area contributed by atoms with E-state index in [1.807, 2.05) is 25.1 Å². The van der Waals surface area contributed by atoms with E-state index < -0.39 is 15.4 Å². The summed E-state index contributed by atoms with van der Waals surface area (Å²) in [5.41, 5.74) is 6.83. The molecule has 3 nitrogen and oxygen atoms in total. The minimum Gasteiger partial charge on any atom is -0.321 e. The van der Waals surface area contributed by atoms with Gasteiger partial charge in [-0.25, -0.2) is 8.42 Å². The van der Waals surface area contributed by atoms with Gasteiger partial charge in [0.1, 0.15) is 9.84 Å². The highest BCUT2D eigenvalue weighted by molar-refractivity contribution is 9.10. The summed E-state index contributed by atoms with van der Waals surface area (Å²) in [5.74, 6) is 0.115. The molecule has 1 saturated carbocycles. The fraction of sp³-hybridized carbons (Fsp3) is 0.600. The Hall–Kier alpha value is -0.100. The van der Waals surface area contributed by atoms with Gasteiger partial charge < -0.3 is 5.73 Å². The number of hydrogen-bond acceptors (Lipinski definition) is 3. The molecule has 0 bridgehead atoms. The topological polar surface area (TPSA) is 60.2 Å². The van der Waals surface area contributed by atoms with Crippen LogP contribution < -0.4 is 5.73 Å². The van der Waals surface area contributed by atoms with E-state index in [-0.39, 0.29) is 11.2 Å². The van der Waals surface area contributed by atoms with Crippen molar-refractivity contribution in [2.75, 3.05) is 6.26 Å². The molecule has 1 aliphatic rings. The van der Waals surface area contributed by atoms with Gasteiger partial charge >= 0.3 is 0 Å². The maximum atomic E-state index is 11.8. The van der Waals surface area contributed by atoms with Crippen LogP contribution in [0.4, 0.5) is 0 Å². The van der Waals surface area contributed by atoms with Crippen molar-refractivity contribution in [1.29, 1.82) is 0 Å². The summed E-state index contributed by atoms with van der Waals surface area (Å²) in [6, 6.07) is 5.68. The third-order valence-electron chi connectivity index (χ3n) is 4.59. The van der Waals surface area contributed by atoms with Crippen molar-refractivity contribution in [2.45, 2.75) is 43.4 Å². The third kappa shape index (κ3) is 3.81. The fourth-order valence-electron chi connectivity index (χ4n) is 3.22. The van der Waals surface area contributed by atoms with E-state index in [1.54, 1.807) is 0 Å². The molecule has 2 rings (SSSR count). The molecule has 0 amide bonds. The van der Waals surface area contributed by atoms with Crippen LogP contribution >= 0.6 is 27.5 Å². The lowest BCUT2D eigenvalue weighted by molar-refractivity contribution is 0.226. The molecule has 3 atom stereocenters. The Morgan fingerprint density at radius 1 is 1.38 bits per heavy atom. The van der Waals surface area contributed by atoms with Crippen LogP contribution in [-0.4, -0.2) is 19.9 Å². The van der Waals surface area contributed by atoms with Gasteiger partial charge in [-0.15, -0.1) is 0 Å². The predicted molar refractivity (Wildman–Crippen MR) is 91.3 cm³/mol. The average Bonchev–Trinajstić information content (AvgIpc) is 2.37. The maximum Gasteiger partial charge on any atom is 0.150 e. The van der Waals surface area contributed by atoms with Gasteiger partial charge in [0, 0.05) is 21.3 Å². The van der Waals surface area contributed by atoms with Crippen LogP contribution in [0, 0.1) is 5.92 Å². The van der Waals surface area contributed by atoms with E-state index in [1.165, 1.54) is 6.26 Å². The second-order valence-electron chi connectivity index (χ2n) is 6.22. The van der Waals surface area contributed by atoms with Crippen molar-refractivity contribution in [1.82, 2.24) is 0 Å². The number of hydrogen-bond donors (Lipinski definition) is 1. The van der Waals surface area contributed by atoms with Crippen LogP contribution in [0.15, 0.2) is 22.7 Å². The highest BCUT2D eigenvalue weighted by Crippen LogP contribution is 2.41. The van der Waals surface area contributed by atoms with Crippen LogP contribution in [0.2, 0.25) is 5.02 Å². The Balaban J connectivity index is 2.30. The van der Waals surface area contributed by atoms with Gasteiger partial charge in [0.25, 0.3) is 0 Å². The lowest BCUT2D eigenvalue weighted by atomic mass is 9.72. The number of benzene rings is 1. The van der Waals surface area contributed by atoms with Crippen molar-refractivity contribution >= 4 is 37.4 Å². The van der Waals surface area contributed by atoms with Crippen molar-refractivity contribution < 1.29 is 8.42 Å². The smallest absolute Gasteiger partial charge is 0.150 e. The molecule has 21 heavy (non-hydrogen) atoms. The summed E-state index contributed by atoms with van der Waals surface area (Å²) in [4.78, 5) is 0. The van der Waals surface area contributed by atoms with Gasteiger partial charge in [0.2, 0.25) is 0 Å². The number of sulfone groups is 1. The summed E-state index contributed by atoms with van der Waals surface area (Å²) in [6.07, 6.45) is 4.49. The standard InChI is InChI=1S/C15H21BrClNO2S/c1-15(18,13-7-6-11(16)9-14(13)17)10-4-3-5-12(8-10)21(2,19)20/h6-7,9-10,12H,3-5,8,18H2,1-2H3. The quantitative estimate of drug-likeness (QED) is 0.846. The van der Waals surface area contributed by atoms with E-state index in [4.69, 9.17) is 17.3 Å². The summed E-state index contributed by atoms with van der Waals surface area (Å²) >= 11 is 9.72. The van der Waals surface area contributed by atoms with E-state index in [0.29, 0.717) is 11.4 Å². The monoisotopic (exact) mass is 393 g/mol. The molecule has 0 heterocycles.